The fraction of sp³-hybridized carbons (Fsp3) is 0.545. The van der Waals surface area contributed by atoms with Crippen molar-refractivity contribution in [2.75, 3.05) is 0 Å². The van der Waals surface area contributed by atoms with E-state index in [0.717, 1.165) is 0 Å². The van der Waals surface area contributed by atoms with Crippen molar-refractivity contribution in [3.63, 3.8) is 0 Å². The number of non-ortho nitro benzene ring substituents is 1. The molecule has 0 spiro atoms. The third-order valence-corrected chi connectivity index (χ3v) is 5.71. The first kappa shape index (κ1) is 23.5. The van der Waals surface area contributed by atoms with Gasteiger partial charge in [-0.2, -0.15) is 0 Å². The van der Waals surface area contributed by atoms with Gasteiger partial charge in [-0.3, -0.25) is 14.9 Å². The van der Waals surface area contributed by atoms with Gasteiger partial charge < -0.3 is 14.4 Å². The Morgan fingerprint density at radius 1 is 1.30 bits per heavy atom. The van der Waals surface area contributed by atoms with Gasteiger partial charge in [-0.05, 0) is 32.9 Å². The van der Waals surface area contributed by atoms with Crippen molar-refractivity contribution in [3.05, 3.63) is 52.6 Å². The molecule has 0 aromatic heterocycles. The van der Waals surface area contributed by atoms with Crippen LogP contribution in [0.1, 0.15) is 51.9 Å². The lowest BCUT2D eigenvalue weighted by Gasteiger charge is -2.33. The molecule has 30 heavy (non-hydrogen) atoms. The Morgan fingerprint density at radius 3 is 2.30 bits per heavy atom. The van der Waals surface area contributed by atoms with Crippen LogP contribution in [0.2, 0.25) is 0 Å². The SMILES string of the molecule is C=CC(C)C(OC(=O)c1ccc([N+](=O)[O-])cc1)C(C)C1OC(C)(C)N(C(C)=O)C1C. The number of carbonyl (C=O) groups excluding carboxylic acids is 2. The summed E-state index contributed by atoms with van der Waals surface area (Å²) in [5.74, 6) is -1.08. The van der Waals surface area contributed by atoms with Crippen LogP contribution in [0.25, 0.3) is 0 Å². The van der Waals surface area contributed by atoms with Crippen LogP contribution in [0.15, 0.2) is 36.9 Å². The van der Waals surface area contributed by atoms with Crippen LogP contribution in [-0.4, -0.2) is 45.7 Å². The average Bonchev–Trinajstić information content (AvgIpc) is 2.93. The van der Waals surface area contributed by atoms with E-state index >= 15 is 0 Å². The maximum atomic E-state index is 12.7. The summed E-state index contributed by atoms with van der Waals surface area (Å²) in [6.07, 6.45) is 0.805. The molecule has 1 aliphatic heterocycles. The summed E-state index contributed by atoms with van der Waals surface area (Å²) in [4.78, 5) is 36.8. The topological polar surface area (TPSA) is 99.0 Å². The van der Waals surface area contributed by atoms with Gasteiger partial charge in [0.05, 0.1) is 22.6 Å². The first-order chi connectivity index (χ1) is 13.9. The molecule has 5 unspecified atom stereocenters. The number of ether oxygens (including phenoxy) is 2. The minimum absolute atomic E-state index is 0.0848. The summed E-state index contributed by atoms with van der Waals surface area (Å²) in [6.45, 7) is 14.7. The van der Waals surface area contributed by atoms with Crippen LogP contribution in [0.5, 0.6) is 0 Å². The summed E-state index contributed by atoms with van der Waals surface area (Å²) in [6, 6.07) is 5.07. The molecule has 1 fully saturated rings. The second-order valence-corrected chi connectivity index (χ2v) is 8.29. The van der Waals surface area contributed by atoms with Crippen LogP contribution in [0.3, 0.4) is 0 Å². The lowest BCUT2D eigenvalue weighted by Crippen LogP contribution is -2.47. The smallest absolute Gasteiger partial charge is 0.338 e. The van der Waals surface area contributed by atoms with E-state index in [9.17, 15) is 19.7 Å². The van der Waals surface area contributed by atoms with Gasteiger partial charge in [0.25, 0.3) is 5.69 Å². The predicted molar refractivity (Wildman–Crippen MR) is 112 cm³/mol. The van der Waals surface area contributed by atoms with E-state index in [0.29, 0.717) is 0 Å². The molecule has 0 saturated carbocycles. The van der Waals surface area contributed by atoms with Gasteiger partial charge in [0.15, 0.2) is 0 Å². The van der Waals surface area contributed by atoms with Gasteiger partial charge in [0, 0.05) is 30.9 Å². The number of esters is 1. The Hall–Kier alpha value is -2.74. The molecule has 0 aliphatic carbocycles. The molecule has 8 heteroatoms. The number of hydrogen-bond acceptors (Lipinski definition) is 6. The Balaban J connectivity index is 2.25. The molecule has 1 saturated heterocycles. The molecule has 1 aliphatic rings. The lowest BCUT2D eigenvalue weighted by atomic mass is 9.86. The molecule has 0 radical (unpaired) electrons. The van der Waals surface area contributed by atoms with E-state index in [4.69, 9.17) is 9.47 Å². The van der Waals surface area contributed by atoms with Crippen molar-refractivity contribution in [2.45, 2.75) is 65.5 Å². The fourth-order valence-electron chi connectivity index (χ4n) is 4.26. The van der Waals surface area contributed by atoms with Crippen molar-refractivity contribution in [3.8, 4) is 0 Å². The summed E-state index contributed by atoms with van der Waals surface area (Å²) in [5.41, 5.74) is -0.648. The summed E-state index contributed by atoms with van der Waals surface area (Å²) in [5, 5.41) is 10.8. The molecule has 1 heterocycles. The van der Waals surface area contributed by atoms with Crippen molar-refractivity contribution in [1.82, 2.24) is 4.90 Å². The number of nitro benzene ring substituents is 1. The van der Waals surface area contributed by atoms with Gasteiger partial charge in [0.2, 0.25) is 5.91 Å². The van der Waals surface area contributed by atoms with E-state index < -0.39 is 22.7 Å². The number of nitrogens with zero attached hydrogens (tertiary/aromatic N) is 2. The molecule has 5 atom stereocenters. The Labute approximate surface area is 177 Å². The minimum Gasteiger partial charge on any atom is -0.458 e. The lowest BCUT2D eigenvalue weighted by molar-refractivity contribution is -0.384. The van der Waals surface area contributed by atoms with Crippen LogP contribution in [0, 0.1) is 22.0 Å². The molecule has 2 rings (SSSR count). The normalized spacial score (nSPS) is 23.3. The third-order valence-electron chi connectivity index (χ3n) is 5.71. The number of rotatable bonds is 7. The van der Waals surface area contributed by atoms with Crippen molar-refractivity contribution >= 4 is 17.6 Å². The second-order valence-electron chi connectivity index (χ2n) is 8.29. The zero-order valence-corrected chi connectivity index (χ0v) is 18.3. The highest BCUT2D eigenvalue weighted by atomic mass is 16.6. The van der Waals surface area contributed by atoms with E-state index in [1.54, 1.807) is 11.0 Å². The Bertz CT molecular complexity index is 819. The summed E-state index contributed by atoms with van der Waals surface area (Å²) in [7, 11) is 0. The summed E-state index contributed by atoms with van der Waals surface area (Å²) < 4.78 is 12.0. The highest BCUT2D eigenvalue weighted by Gasteiger charge is 2.50. The van der Waals surface area contributed by atoms with Crippen LogP contribution >= 0.6 is 0 Å². The van der Waals surface area contributed by atoms with Crippen LogP contribution in [0.4, 0.5) is 5.69 Å². The molecule has 1 amide bonds. The third kappa shape index (κ3) is 4.70. The highest BCUT2D eigenvalue weighted by Crippen LogP contribution is 2.38. The fourth-order valence-corrected chi connectivity index (χ4v) is 4.26. The summed E-state index contributed by atoms with van der Waals surface area (Å²) >= 11 is 0. The zero-order chi connectivity index (χ0) is 22.8. The standard InChI is InChI=1S/C22H30N2O6/c1-8-13(2)19(29-21(26)17-9-11-18(12-10-17)24(27)28)14(3)20-15(4)23(16(5)25)22(6,7)30-20/h8-15,19-20H,1H2,2-7H3. The quantitative estimate of drug-likeness (QED) is 0.288. The van der Waals surface area contributed by atoms with Gasteiger partial charge in [0.1, 0.15) is 11.8 Å². The second kappa shape index (κ2) is 8.95. The van der Waals surface area contributed by atoms with Crippen molar-refractivity contribution < 1.29 is 24.0 Å². The first-order valence-corrected chi connectivity index (χ1v) is 9.96. The molecule has 8 nitrogen and oxygen atoms in total. The van der Waals surface area contributed by atoms with Crippen molar-refractivity contribution in [1.29, 1.82) is 0 Å². The van der Waals surface area contributed by atoms with Gasteiger partial charge in [-0.1, -0.05) is 19.9 Å². The molecule has 0 N–H and O–H groups in total. The largest absolute Gasteiger partial charge is 0.458 e. The maximum Gasteiger partial charge on any atom is 0.338 e. The zero-order valence-electron chi connectivity index (χ0n) is 18.3. The van der Waals surface area contributed by atoms with Gasteiger partial charge in [-0.15, -0.1) is 6.58 Å². The molecule has 0 bridgehead atoms. The van der Waals surface area contributed by atoms with Crippen LogP contribution in [-0.2, 0) is 14.3 Å². The van der Waals surface area contributed by atoms with E-state index in [-0.39, 0.29) is 41.1 Å². The first-order valence-electron chi connectivity index (χ1n) is 9.96. The molecular formula is C22H30N2O6. The average molecular weight is 418 g/mol. The molecular weight excluding hydrogens is 388 g/mol. The number of hydrogen-bond donors (Lipinski definition) is 0. The number of nitro groups is 1. The minimum atomic E-state index is -0.769. The molecule has 1 aromatic carbocycles. The van der Waals surface area contributed by atoms with Gasteiger partial charge >= 0.3 is 5.97 Å². The Morgan fingerprint density at radius 2 is 1.87 bits per heavy atom. The molecule has 164 valence electrons. The molecule has 1 aromatic rings. The highest BCUT2D eigenvalue weighted by molar-refractivity contribution is 5.89. The van der Waals surface area contributed by atoms with E-state index in [1.807, 2.05) is 34.6 Å². The van der Waals surface area contributed by atoms with Gasteiger partial charge in [-0.25, -0.2) is 4.79 Å². The van der Waals surface area contributed by atoms with E-state index in [1.165, 1.54) is 31.2 Å². The maximum absolute atomic E-state index is 12.7. The number of amides is 1. The van der Waals surface area contributed by atoms with Crippen molar-refractivity contribution in [2.24, 2.45) is 11.8 Å². The predicted octanol–water partition coefficient (Wildman–Crippen LogP) is 3.95. The monoisotopic (exact) mass is 418 g/mol. The number of benzene rings is 1. The number of carbonyl (C=O) groups is 2. The van der Waals surface area contributed by atoms with Crippen LogP contribution < -0.4 is 0 Å². The Kier molecular flexibility index (Phi) is 7.02. The van der Waals surface area contributed by atoms with E-state index in [2.05, 4.69) is 6.58 Å².